The van der Waals surface area contributed by atoms with Crippen molar-refractivity contribution in [3.05, 3.63) is 16.5 Å². The lowest BCUT2D eigenvalue weighted by molar-refractivity contribution is 0.520. The monoisotopic (exact) mass is 297 g/mol. The average Bonchev–Trinajstić information content (AvgIpc) is 3.07. The number of hydrogen-bond donors (Lipinski definition) is 1. The Kier molecular flexibility index (Phi) is 4.02. The van der Waals surface area contributed by atoms with Crippen molar-refractivity contribution in [3.63, 3.8) is 0 Å². The molecule has 2 rings (SSSR count). The van der Waals surface area contributed by atoms with Crippen molar-refractivity contribution >= 4 is 21.7 Å². The first-order chi connectivity index (χ1) is 8.17. The van der Waals surface area contributed by atoms with E-state index in [0.29, 0.717) is 5.41 Å². The Morgan fingerprint density at radius 1 is 1.35 bits per heavy atom. The molecule has 0 radical (unpaired) electrons. The van der Waals surface area contributed by atoms with E-state index < -0.39 is 0 Å². The van der Waals surface area contributed by atoms with Gasteiger partial charge in [0.15, 0.2) is 0 Å². The van der Waals surface area contributed by atoms with Gasteiger partial charge in [0.05, 0.1) is 0 Å². The SMILES string of the molecule is CCCc1nc(Br)cc(NCC2(CC)CC2)n1. The van der Waals surface area contributed by atoms with Crippen LogP contribution in [0.25, 0.3) is 0 Å². The summed E-state index contributed by atoms with van der Waals surface area (Å²) < 4.78 is 0.875. The molecular weight excluding hydrogens is 278 g/mol. The van der Waals surface area contributed by atoms with E-state index in [1.807, 2.05) is 6.07 Å². The van der Waals surface area contributed by atoms with Crippen LogP contribution in [0.2, 0.25) is 0 Å². The first-order valence-corrected chi connectivity index (χ1v) is 7.24. The maximum absolute atomic E-state index is 4.54. The summed E-state index contributed by atoms with van der Waals surface area (Å²) in [7, 11) is 0. The van der Waals surface area contributed by atoms with Gasteiger partial charge < -0.3 is 5.32 Å². The first kappa shape index (κ1) is 12.8. The minimum Gasteiger partial charge on any atom is -0.369 e. The third-order valence-corrected chi connectivity index (χ3v) is 3.97. The second kappa shape index (κ2) is 5.34. The summed E-state index contributed by atoms with van der Waals surface area (Å²) in [5.74, 6) is 1.88. The molecule has 0 aliphatic heterocycles. The molecule has 1 aliphatic rings. The Morgan fingerprint density at radius 3 is 2.71 bits per heavy atom. The molecule has 1 aromatic rings. The lowest BCUT2D eigenvalue weighted by atomic mass is 10.0. The Morgan fingerprint density at radius 2 is 2.12 bits per heavy atom. The number of nitrogens with one attached hydrogen (secondary N) is 1. The van der Waals surface area contributed by atoms with Gasteiger partial charge in [-0.15, -0.1) is 0 Å². The fourth-order valence-electron chi connectivity index (χ4n) is 2.00. The van der Waals surface area contributed by atoms with Crippen molar-refractivity contribution in [2.75, 3.05) is 11.9 Å². The highest BCUT2D eigenvalue weighted by molar-refractivity contribution is 9.10. The Labute approximate surface area is 112 Å². The van der Waals surface area contributed by atoms with Crippen LogP contribution in [0.4, 0.5) is 5.82 Å². The maximum atomic E-state index is 4.54. The van der Waals surface area contributed by atoms with Gasteiger partial charge in [-0.3, -0.25) is 0 Å². The predicted octanol–water partition coefficient (Wildman–Crippen LogP) is 3.79. The number of halogens is 1. The van der Waals surface area contributed by atoms with Crippen LogP contribution in [0.3, 0.4) is 0 Å². The van der Waals surface area contributed by atoms with E-state index in [1.165, 1.54) is 19.3 Å². The van der Waals surface area contributed by atoms with Gasteiger partial charge in [-0.2, -0.15) is 0 Å². The Balaban J connectivity index is 2.00. The van der Waals surface area contributed by atoms with Crippen LogP contribution >= 0.6 is 15.9 Å². The molecule has 3 nitrogen and oxygen atoms in total. The van der Waals surface area contributed by atoms with Crippen molar-refractivity contribution < 1.29 is 0 Å². The lowest BCUT2D eigenvalue weighted by Gasteiger charge is -2.14. The second-order valence-corrected chi connectivity index (χ2v) is 5.76. The van der Waals surface area contributed by atoms with Crippen molar-refractivity contribution in [2.24, 2.45) is 5.41 Å². The summed E-state index contributed by atoms with van der Waals surface area (Å²) in [5.41, 5.74) is 0.544. The van der Waals surface area contributed by atoms with Crippen LogP contribution in [0.15, 0.2) is 10.7 Å². The van der Waals surface area contributed by atoms with Gasteiger partial charge in [-0.05, 0) is 47.0 Å². The Hall–Kier alpha value is -0.640. The van der Waals surface area contributed by atoms with Crippen molar-refractivity contribution in [1.29, 1.82) is 0 Å². The van der Waals surface area contributed by atoms with Gasteiger partial charge in [0.1, 0.15) is 16.2 Å². The minimum atomic E-state index is 0.544. The molecular formula is C13H20BrN3. The minimum absolute atomic E-state index is 0.544. The molecule has 94 valence electrons. The zero-order valence-corrected chi connectivity index (χ0v) is 12.2. The second-order valence-electron chi connectivity index (χ2n) is 4.95. The van der Waals surface area contributed by atoms with E-state index in [-0.39, 0.29) is 0 Å². The molecule has 1 heterocycles. The molecule has 0 saturated heterocycles. The topological polar surface area (TPSA) is 37.8 Å². The highest BCUT2D eigenvalue weighted by Crippen LogP contribution is 2.48. The van der Waals surface area contributed by atoms with E-state index in [0.717, 1.165) is 35.6 Å². The van der Waals surface area contributed by atoms with Crippen molar-refractivity contribution in [2.45, 2.75) is 46.0 Å². The largest absolute Gasteiger partial charge is 0.369 e. The van der Waals surface area contributed by atoms with Gasteiger partial charge >= 0.3 is 0 Å². The molecule has 0 unspecified atom stereocenters. The predicted molar refractivity (Wildman–Crippen MR) is 74.2 cm³/mol. The van der Waals surface area contributed by atoms with Crippen LogP contribution in [0.5, 0.6) is 0 Å². The molecule has 0 aromatic carbocycles. The third-order valence-electron chi connectivity index (χ3n) is 3.57. The number of aromatic nitrogens is 2. The average molecular weight is 298 g/mol. The molecule has 0 spiro atoms. The summed E-state index contributed by atoms with van der Waals surface area (Å²) in [6.45, 7) is 5.46. The standard InChI is InChI=1S/C13H20BrN3/c1-3-5-11-16-10(14)8-12(17-11)15-9-13(4-2)6-7-13/h8H,3-7,9H2,1-2H3,(H,15,16,17). The number of aryl methyl sites for hydroxylation is 1. The van der Waals surface area contributed by atoms with Gasteiger partial charge in [-0.25, -0.2) is 9.97 Å². The van der Waals surface area contributed by atoms with E-state index in [2.05, 4.69) is 45.1 Å². The van der Waals surface area contributed by atoms with Crippen LogP contribution in [0.1, 0.15) is 45.4 Å². The van der Waals surface area contributed by atoms with E-state index >= 15 is 0 Å². The molecule has 0 amide bonds. The van der Waals surface area contributed by atoms with Gasteiger partial charge in [-0.1, -0.05) is 13.8 Å². The maximum Gasteiger partial charge on any atom is 0.132 e. The normalized spacial score (nSPS) is 16.9. The molecule has 1 saturated carbocycles. The number of nitrogens with zero attached hydrogens (tertiary/aromatic N) is 2. The van der Waals surface area contributed by atoms with Crippen molar-refractivity contribution in [1.82, 2.24) is 9.97 Å². The molecule has 1 aromatic heterocycles. The lowest BCUT2D eigenvalue weighted by Crippen LogP contribution is -2.15. The van der Waals surface area contributed by atoms with Crippen LogP contribution in [-0.4, -0.2) is 16.5 Å². The Bertz CT molecular complexity index is 388. The molecule has 17 heavy (non-hydrogen) atoms. The molecule has 1 N–H and O–H groups in total. The quantitative estimate of drug-likeness (QED) is 0.812. The number of anilines is 1. The fourth-order valence-corrected chi connectivity index (χ4v) is 2.42. The third kappa shape index (κ3) is 3.41. The van der Waals surface area contributed by atoms with Crippen LogP contribution in [0, 0.1) is 5.41 Å². The highest BCUT2D eigenvalue weighted by Gasteiger charge is 2.40. The summed E-state index contributed by atoms with van der Waals surface area (Å²) in [6, 6.07) is 1.96. The van der Waals surface area contributed by atoms with Crippen LogP contribution in [-0.2, 0) is 6.42 Å². The molecule has 1 aliphatic carbocycles. The molecule has 1 fully saturated rings. The first-order valence-electron chi connectivity index (χ1n) is 6.45. The summed E-state index contributed by atoms with van der Waals surface area (Å²) in [6.07, 6.45) is 5.98. The van der Waals surface area contributed by atoms with Gasteiger partial charge in [0.25, 0.3) is 0 Å². The molecule has 4 heteroatoms. The van der Waals surface area contributed by atoms with E-state index in [1.54, 1.807) is 0 Å². The van der Waals surface area contributed by atoms with Gasteiger partial charge in [0.2, 0.25) is 0 Å². The van der Waals surface area contributed by atoms with Crippen molar-refractivity contribution in [3.8, 4) is 0 Å². The zero-order chi connectivity index (χ0) is 12.3. The van der Waals surface area contributed by atoms with E-state index in [4.69, 9.17) is 0 Å². The number of hydrogen-bond acceptors (Lipinski definition) is 3. The smallest absolute Gasteiger partial charge is 0.132 e. The molecule has 0 bridgehead atoms. The summed E-state index contributed by atoms with van der Waals surface area (Å²) >= 11 is 3.45. The summed E-state index contributed by atoms with van der Waals surface area (Å²) in [4.78, 5) is 8.91. The van der Waals surface area contributed by atoms with Gasteiger partial charge in [0, 0.05) is 19.0 Å². The highest BCUT2D eigenvalue weighted by atomic mass is 79.9. The fraction of sp³-hybridized carbons (Fsp3) is 0.692. The van der Waals surface area contributed by atoms with E-state index in [9.17, 15) is 0 Å². The summed E-state index contributed by atoms with van der Waals surface area (Å²) in [5, 5.41) is 3.46. The number of rotatable bonds is 6. The van der Waals surface area contributed by atoms with Crippen LogP contribution < -0.4 is 5.32 Å². The molecule has 0 atom stereocenters. The zero-order valence-electron chi connectivity index (χ0n) is 10.6.